The third kappa shape index (κ3) is 4.52. The summed E-state index contributed by atoms with van der Waals surface area (Å²) in [4.78, 5) is 11.5. The van der Waals surface area contributed by atoms with E-state index in [0.29, 0.717) is 5.95 Å². The Morgan fingerprint density at radius 2 is 1.77 bits per heavy atom. The third-order valence-corrected chi connectivity index (χ3v) is 4.43. The molecule has 0 spiro atoms. The summed E-state index contributed by atoms with van der Waals surface area (Å²) in [6, 6.07) is 18.2. The molecule has 1 N–H and O–H groups in total. The molecule has 1 aromatic heterocycles. The van der Waals surface area contributed by atoms with E-state index in [-0.39, 0.29) is 0 Å². The predicted molar refractivity (Wildman–Crippen MR) is 109 cm³/mol. The zero-order chi connectivity index (χ0) is 18.5. The molecule has 0 saturated heterocycles. The van der Waals surface area contributed by atoms with Crippen molar-refractivity contribution in [2.24, 2.45) is 0 Å². The van der Waals surface area contributed by atoms with Crippen molar-refractivity contribution in [2.45, 2.75) is 27.3 Å². The van der Waals surface area contributed by atoms with Gasteiger partial charge < -0.3 is 10.2 Å². The summed E-state index contributed by atoms with van der Waals surface area (Å²) in [5, 5.41) is 4.04. The first-order valence-corrected chi connectivity index (χ1v) is 9.10. The molecule has 0 saturated carbocycles. The van der Waals surface area contributed by atoms with Crippen LogP contribution in [-0.2, 0) is 6.54 Å². The Morgan fingerprint density at radius 1 is 1.00 bits per heavy atom. The fourth-order valence-corrected chi connectivity index (χ4v) is 3.04. The van der Waals surface area contributed by atoms with Gasteiger partial charge in [0.25, 0.3) is 0 Å². The summed E-state index contributed by atoms with van der Waals surface area (Å²) in [7, 11) is 0. The van der Waals surface area contributed by atoms with E-state index in [0.717, 1.165) is 40.9 Å². The van der Waals surface area contributed by atoms with E-state index in [1.54, 1.807) is 0 Å². The normalized spacial score (nSPS) is 10.6. The van der Waals surface area contributed by atoms with Crippen LogP contribution < -0.4 is 10.2 Å². The van der Waals surface area contributed by atoms with E-state index in [9.17, 15) is 0 Å². The lowest BCUT2D eigenvalue weighted by molar-refractivity contribution is 0.809. The lowest BCUT2D eigenvalue weighted by atomic mass is 10.2. The Kier molecular flexibility index (Phi) is 5.74. The Labute approximate surface area is 159 Å². The molecule has 4 nitrogen and oxygen atoms in total. The maximum absolute atomic E-state index is 6.04. The minimum Gasteiger partial charge on any atom is -0.352 e. The Balaban J connectivity index is 1.86. The van der Waals surface area contributed by atoms with Crippen LogP contribution in [0.15, 0.2) is 54.6 Å². The van der Waals surface area contributed by atoms with Crippen LogP contribution in [0.1, 0.15) is 23.7 Å². The van der Waals surface area contributed by atoms with Crippen LogP contribution in [0.3, 0.4) is 0 Å². The van der Waals surface area contributed by atoms with Crippen LogP contribution in [0.4, 0.5) is 17.5 Å². The number of aromatic nitrogens is 2. The van der Waals surface area contributed by atoms with E-state index in [4.69, 9.17) is 16.6 Å². The summed E-state index contributed by atoms with van der Waals surface area (Å²) < 4.78 is 0. The molecule has 0 bridgehead atoms. The SMILES string of the molecule is CCN(Cc1ccccc1)c1cc(C)nc(Nc2ccc(Cl)cc2C)n1. The maximum atomic E-state index is 6.04. The molecule has 5 heteroatoms. The fraction of sp³-hybridized carbons (Fsp3) is 0.238. The van der Waals surface area contributed by atoms with Crippen molar-refractivity contribution >= 4 is 29.1 Å². The van der Waals surface area contributed by atoms with Crippen LogP contribution in [-0.4, -0.2) is 16.5 Å². The van der Waals surface area contributed by atoms with Crippen LogP contribution in [0.25, 0.3) is 0 Å². The predicted octanol–water partition coefficient (Wildman–Crippen LogP) is 5.52. The molecular weight excluding hydrogens is 344 g/mol. The standard InChI is InChI=1S/C21H23ClN4/c1-4-26(14-17-8-6-5-7-9-17)20-13-16(3)23-21(25-20)24-19-11-10-18(22)12-15(19)2/h5-13H,4,14H2,1-3H3,(H,23,24,25). The number of aryl methyl sites for hydroxylation is 2. The molecule has 0 aliphatic heterocycles. The smallest absolute Gasteiger partial charge is 0.229 e. The van der Waals surface area contributed by atoms with E-state index in [2.05, 4.69) is 46.4 Å². The number of rotatable bonds is 6. The number of hydrogen-bond acceptors (Lipinski definition) is 4. The van der Waals surface area contributed by atoms with Gasteiger partial charge in [-0.25, -0.2) is 4.98 Å². The highest BCUT2D eigenvalue weighted by Gasteiger charge is 2.11. The lowest BCUT2D eigenvalue weighted by Gasteiger charge is -2.23. The van der Waals surface area contributed by atoms with Gasteiger partial charge in [-0.2, -0.15) is 4.98 Å². The quantitative estimate of drug-likeness (QED) is 0.623. The van der Waals surface area contributed by atoms with Crippen molar-refractivity contribution < 1.29 is 0 Å². The molecule has 0 amide bonds. The monoisotopic (exact) mass is 366 g/mol. The van der Waals surface area contributed by atoms with Crippen molar-refractivity contribution in [3.8, 4) is 0 Å². The third-order valence-electron chi connectivity index (χ3n) is 4.20. The second-order valence-corrected chi connectivity index (χ2v) is 6.71. The Bertz CT molecular complexity index is 880. The van der Waals surface area contributed by atoms with E-state index < -0.39 is 0 Å². The van der Waals surface area contributed by atoms with Gasteiger partial charge in [-0.1, -0.05) is 41.9 Å². The lowest BCUT2D eigenvalue weighted by Crippen LogP contribution is -2.23. The highest BCUT2D eigenvalue weighted by molar-refractivity contribution is 6.30. The minimum absolute atomic E-state index is 0.594. The number of anilines is 3. The minimum atomic E-state index is 0.594. The van der Waals surface area contributed by atoms with Crippen molar-refractivity contribution in [1.29, 1.82) is 0 Å². The summed E-state index contributed by atoms with van der Waals surface area (Å²) in [6.45, 7) is 7.81. The molecule has 0 unspecified atom stereocenters. The van der Waals surface area contributed by atoms with Gasteiger partial charge in [-0.3, -0.25) is 0 Å². The molecule has 0 aliphatic carbocycles. The van der Waals surface area contributed by atoms with E-state index in [1.165, 1.54) is 5.56 Å². The molecule has 0 atom stereocenters. The zero-order valence-electron chi connectivity index (χ0n) is 15.3. The molecule has 0 aliphatic rings. The molecule has 3 aromatic rings. The summed E-state index contributed by atoms with van der Waals surface area (Å²) in [5.74, 6) is 1.51. The number of nitrogens with zero attached hydrogens (tertiary/aromatic N) is 3. The van der Waals surface area contributed by atoms with E-state index in [1.807, 2.05) is 44.2 Å². The summed E-state index contributed by atoms with van der Waals surface area (Å²) in [5.41, 5.74) is 4.20. The van der Waals surface area contributed by atoms with Crippen LogP contribution in [0.2, 0.25) is 5.02 Å². The molecule has 0 radical (unpaired) electrons. The first-order chi connectivity index (χ1) is 12.5. The number of nitrogens with one attached hydrogen (secondary N) is 1. The molecule has 3 rings (SSSR count). The van der Waals surface area contributed by atoms with Gasteiger partial charge in [0.2, 0.25) is 5.95 Å². The van der Waals surface area contributed by atoms with Gasteiger partial charge in [0, 0.05) is 35.6 Å². The van der Waals surface area contributed by atoms with Gasteiger partial charge >= 0.3 is 0 Å². The number of halogens is 1. The Morgan fingerprint density at radius 3 is 2.46 bits per heavy atom. The van der Waals surface area contributed by atoms with Gasteiger partial charge in [0.1, 0.15) is 5.82 Å². The Hall–Kier alpha value is -2.59. The maximum Gasteiger partial charge on any atom is 0.229 e. The number of hydrogen-bond donors (Lipinski definition) is 1. The average molecular weight is 367 g/mol. The zero-order valence-corrected chi connectivity index (χ0v) is 16.1. The largest absolute Gasteiger partial charge is 0.352 e. The van der Waals surface area contributed by atoms with Gasteiger partial charge in [0.15, 0.2) is 0 Å². The molecule has 26 heavy (non-hydrogen) atoms. The summed E-state index contributed by atoms with van der Waals surface area (Å²) >= 11 is 6.04. The average Bonchev–Trinajstić information content (AvgIpc) is 2.62. The van der Waals surface area contributed by atoms with Crippen LogP contribution in [0, 0.1) is 13.8 Å². The van der Waals surface area contributed by atoms with Crippen molar-refractivity contribution in [1.82, 2.24) is 9.97 Å². The molecule has 0 fully saturated rings. The topological polar surface area (TPSA) is 41.1 Å². The van der Waals surface area contributed by atoms with Crippen LogP contribution in [0.5, 0.6) is 0 Å². The second kappa shape index (κ2) is 8.19. The number of benzene rings is 2. The van der Waals surface area contributed by atoms with Gasteiger partial charge in [-0.15, -0.1) is 0 Å². The highest BCUT2D eigenvalue weighted by Crippen LogP contribution is 2.24. The van der Waals surface area contributed by atoms with E-state index >= 15 is 0 Å². The second-order valence-electron chi connectivity index (χ2n) is 6.28. The molecular formula is C21H23ClN4. The van der Waals surface area contributed by atoms with Crippen molar-refractivity contribution in [3.05, 3.63) is 76.4 Å². The molecule has 134 valence electrons. The first kappa shape index (κ1) is 18.2. The molecule has 1 heterocycles. The molecule has 2 aromatic carbocycles. The highest BCUT2D eigenvalue weighted by atomic mass is 35.5. The van der Waals surface area contributed by atoms with Crippen LogP contribution >= 0.6 is 11.6 Å². The first-order valence-electron chi connectivity index (χ1n) is 8.73. The van der Waals surface area contributed by atoms with Crippen molar-refractivity contribution in [3.63, 3.8) is 0 Å². The van der Waals surface area contributed by atoms with Gasteiger partial charge in [-0.05, 0) is 50.1 Å². The summed E-state index contributed by atoms with van der Waals surface area (Å²) in [6.07, 6.45) is 0. The fourth-order valence-electron chi connectivity index (χ4n) is 2.82. The van der Waals surface area contributed by atoms with Gasteiger partial charge in [0.05, 0.1) is 0 Å². The van der Waals surface area contributed by atoms with Crippen molar-refractivity contribution in [2.75, 3.05) is 16.8 Å².